The number of carbonyl (C=O) groups excluding carboxylic acids is 3. The zero-order valence-corrected chi connectivity index (χ0v) is 15.8. The summed E-state index contributed by atoms with van der Waals surface area (Å²) < 4.78 is 10.3. The normalized spacial score (nSPS) is 12.4. The van der Waals surface area contributed by atoms with Gasteiger partial charge in [0.05, 0.1) is 12.2 Å². The molecule has 0 saturated heterocycles. The Morgan fingerprint density at radius 2 is 1.68 bits per heavy atom. The summed E-state index contributed by atoms with van der Waals surface area (Å²) in [4.78, 5) is 35.5. The van der Waals surface area contributed by atoms with Gasteiger partial charge in [0, 0.05) is 0 Å². The van der Waals surface area contributed by atoms with Crippen molar-refractivity contribution in [2.24, 2.45) is 5.92 Å². The summed E-state index contributed by atoms with van der Waals surface area (Å²) in [6.45, 7) is 8.89. The molecule has 1 aromatic carbocycles. The zero-order valence-electron chi connectivity index (χ0n) is 15.8. The van der Waals surface area contributed by atoms with Gasteiger partial charge >= 0.3 is 11.9 Å². The topological polar surface area (TPSA) is 69.7 Å². The van der Waals surface area contributed by atoms with Gasteiger partial charge in [-0.1, -0.05) is 12.1 Å². The molecule has 0 aliphatic carbocycles. The van der Waals surface area contributed by atoms with Gasteiger partial charge in [-0.15, -0.1) is 0 Å². The minimum absolute atomic E-state index is 0.174. The average molecular weight is 348 g/mol. The second-order valence-corrected chi connectivity index (χ2v) is 7.01. The molecule has 1 atom stereocenters. The van der Waals surface area contributed by atoms with Gasteiger partial charge in [-0.2, -0.15) is 0 Å². The Morgan fingerprint density at radius 1 is 1.08 bits per heavy atom. The Labute approximate surface area is 149 Å². The Bertz CT molecular complexity index is 596. The number of rotatable bonds is 8. The van der Waals surface area contributed by atoms with E-state index in [9.17, 15) is 14.4 Å². The molecule has 0 spiro atoms. The third-order valence-corrected chi connectivity index (χ3v) is 3.61. The monoisotopic (exact) mass is 348 g/mol. The molecule has 25 heavy (non-hydrogen) atoms. The number of esters is 2. The molecule has 0 bridgehead atoms. The van der Waals surface area contributed by atoms with E-state index in [0.29, 0.717) is 25.0 Å². The third kappa shape index (κ3) is 7.50. The highest BCUT2D eigenvalue weighted by Gasteiger charge is 2.28. The fourth-order valence-electron chi connectivity index (χ4n) is 2.39. The van der Waals surface area contributed by atoms with E-state index < -0.39 is 17.5 Å². The molecular formula is C20H28O5. The van der Waals surface area contributed by atoms with Gasteiger partial charge < -0.3 is 9.47 Å². The molecule has 0 saturated carbocycles. The van der Waals surface area contributed by atoms with E-state index >= 15 is 0 Å². The predicted octanol–water partition coefficient (Wildman–Crippen LogP) is 3.73. The van der Waals surface area contributed by atoms with Crippen molar-refractivity contribution in [3.8, 4) is 0 Å². The number of carbonyl (C=O) groups is 3. The van der Waals surface area contributed by atoms with Crippen LogP contribution in [0.3, 0.4) is 0 Å². The molecule has 5 nitrogen and oxygen atoms in total. The van der Waals surface area contributed by atoms with Crippen LogP contribution in [0.1, 0.15) is 63.4 Å². The van der Waals surface area contributed by atoms with Crippen LogP contribution in [0.2, 0.25) is 0 Å². The number of ketones is 1. The highest BCUT2D eigenvalue weighted by molar-refractivity contribution is 5.97. The summed E-state index contributed by atoms with van der Waals surface area (Å²) >= 11 is 0. The molecule has 1 aromatic rings. The SMILES string of the molecule is CCOC(=O)c1ccc(CCC[C@H](C(C)=O)C(=O)OC(C)(C)C)cc1. The lowest BCUT2D eigenvalue weighted by atomic mass is 9.96. The molecule has 0 N–H and O–H groups in total. The maximum absolute atomic E-state index is 12.1. The van der Waals surface area contributed by atoms with E-state index in [1.54, 1.807) is 39.8 Å². The second-order valence-electron chi connectivity index (χ2n) is 7.01. The largest absolute Gasteiger partial charge is 0.462 e. The van der Waals surface area contributed by atoms with Crippen molar-refractivity contribution >= 4 is 17.7 Å². The lowest BCUT2D eigenvalue weighted by Gasteiger charge is -2.22. The Kier molecular flexibility index (Phi) is 7.81. The Hall–Kier alpha value is -2.17. The lowest BCUT2D eigenvalue weighted by molar-refractivity contribution is -0.162. The van der Waals surface area contributed by atoms with Gasteiger partial charge in [-0.05, 0) is 71.6 Å². The molecule has 0 unspecified atom stereocenters. The lowest BCUT2D eigenvalue weighted by Crippen LogP contribution is -2.32. The third-order valence-electron chi connectivity index (χ3n) is 3.61. The first kappa shape index (κ1) is 20.9. The summed E-state index contributed by atoms with van der Waals surface area (Å²) in [5, 5.41) is 0. The van der Waals surface area contributed by atoms with Crippen molar-refractivity contribution in [2.45, 2.75) is 59.5 Å². The molecule has 0 aromatic heterocycles. The van der Waals surface area contributed by atoms with Crippen LogP contribution in [-0.2, 0) is 25.5 Å². The van der Waals surface area contributed by atoms with Crippen molar-refractivity contribution in [1.82, 2.24) is 0 Å². The number of aryl methyl sites for hydroxylation is 1. The van der Waals surface area contributed by atoms with Gasteiger partial charge in [0.15, 0.2) is 0 Å². The van der Waals surface area contributed by atoms with Gasteiger partial charge in [0.25, 0.3) is 0 Å². The first-order chi connectivity index (χ1) is 11.6. The quantitative estimate of drug-likeness (QED) is 0.529. The van der Waals surface area contributed by atoms with Gasteiger partial charge in [-0.25, -0.2) is 4.79 Å². The van der Waals surface area contributed by atoms with Crippen LogP contribution < -0.4 is 0 Å². The van der Waals surface area contributed by atoms with Gasteiger partial charge in [-0.3, -0.25) is 9.59 Å². The van der Waals surface area contributed by atoms with Crippen LogP contribution in [0.5, 0.6) is 0 Å². The number of benzene rings is 1. The van der Waals surface area contributed by atoms with Crippen molar-refractivity contribution < 1.29 is 23.9 Å². The first-order valence-electron chi connectivity index (χ1n) is 8.63. The first-order valence-corrected chi connectivity index (χ1v) is 8.63. The van der Waals surface area contributed by atoms with Crippen molar-refractivity contribution in [3.63, 3.8) is 0 Å². The molecule has 0 aliphatic heterocycles. The van der Waals surface area contributed by atoms with E-state index in [2.05, 4.69) is 0 Å². The average Bonchev–Trinajstić information content (AvgIpc) is 2.50. The number of Topliss-reactive ketones (excluding diaryl/α,β-unsaturated/α-hetero) is 1. The molecule has 0 fully saturated rings. The predicted molar refractivity (Wildman–Crippen MR) is 95.4 cm³/mol. The van der Waals surface area contributed by atoms with Gasteiger partial charge in [0.1, 0.15) is 17.3 Å². The highest BCUT2D eigenvalue weighted by atomic mass is 16.6. The van der Waals surface area contributed by atoms with Crippen LogP contribution in [0, 0.1) is 5.92 Å². The van der Waals surface area contributed by atoms with Crippen LogP contribution in [0.25, 0.3) is 0 Å². The maximum Gasteiger partial charge on any atom is 0.338 e. The fourth-order valence-corrected chi connectivity index (χ4v) is 2.39. The van der Waals surface area contributed by atoms with E-state index in [1.165, 1.54) is 6.92 Å². The smallest absolute Gasteiger partial charge is 0.338 e. The maximum atomic E-state index is 12.1. The van der Waals surface area contributed by atoms with Crippen molar-refractivity contribution in [1.29, 1.82) is 0 Å². The Balaban J connectivity index is 2.57. The summed E-state index contributed by atoms with van der Waals surface area (Å²) in [5.74, 6) is -1.70. The van der Waals surface area contributed by atoms with E-state index in [4.69, 9.17) is 9.47 Å². The highest BCUT2D eigenvalue weighted by Crippen LogP contribution is 2.18. The number of hydrogen-bond acceptors (Lipinski definition) is 5. The zero-order chi connectivity index (χ0) is 19.0. The summed E-state index contributed by atoms with van der Waals surface area (Å²) in [7, 11) is 0. The van der Waals surface area contributed by atoms with Crippen molar-refractivity contribution in [3.05, 3.63) is 35.4 Å². The van der Waals surface area contributed by atoms with E-state index in [0.717, 1.165) is 12.0 Å². The van der Waals surface area contributed by atoms with Crippen LogP contribution in [0.4, 0.5) is 0 Å². The van der Waals surface area contributed by atoms with Crippen LogP contribution in [0.15, 0.2) is 24.3 Å². The minimum atomic E-state index is -0.724. The summed E-state index contributed by atoms with van der Waals surface area (Å²) in [5.41, 5.74) is 0.953. The fraction of sp³-hybridized carbons (Fsp3) is 0.550. The van der Waals surface area contributed by atoms with Gasteiger partial charge in [0.2, 0.25) is 0 Å². The molecule has 0 amide bonds. The molecule has 0 radical (unpaired) electrons. The minimum Gasteiger partial charge on any atom is -0.462 e. The summed E-state index contributed by atoms with van der Waals surface area (Å²) in [6.07, 6.45) is 1.85. The van der Waals surface area contributed by atoms with Crippen LogP contribution in [-0.4, -0.2) is 29.9 Å². The molecule has 138 valence electrons. The standard InChI is InChI=1S/C20H28O5/c1-6-24-18(22)16-12-10-15(11-13-16)8-7-9-17(14(2)21)19(23)25-20(3,4)5/h10-13,17H,6-9H2,1-5H3/t17-/m1/s1. The molecular weight excluding hydrogens is 320 g/mol. The number of hydrogen-bond donors (Lipinski definition) is 0. The molecule has 1 rings (SSSR count). The molecule has 5 heteroatoms. The van der Waals surface area contributed by atoms with E-state index in [-0.39, 0.29) is 11.8 Å². The second kappa shape index (κ2) is 9.35. The van der Waals surface area contributed by atoms with E-state index in [1.807, 2.05) is 12.1 Å². The molecule has 0 aliphatic rings. The Morgan fingerprint density at radius 3 is 2.16 bits per heavy atom. The summed E-state index contributed by atoms with van der Waals surface area (Å²) in [6, 6.07) is 7.18. The molecule has 0 heterocycles. The van der Waals surface area contributed by atoms with Crippen molar-refractivity contribution in [2.75, 3.05) is 6.61 Å². The van der Waals surface area contributed by atoms with Crippen LogP contribution >= 0.6 is 0 Å². The number of ether oxygens (including phenoxy) is 2.